The van der Waals surface area contributed by atoms with Gasteiger partial charge in [0.2, 0.25) is 0 Å². The van der Waals surface area contributed by atoms with Crippen LogP contribution >= 0.6 is 11.6 Å². The van der Waals surface area contributed by atoms with E-state index in [1.54, 1.807) is 18.2 Å². The second-order valence-corrected chi connectivity index (χ2v) is 10.2. The average molecular weight is 553 g/mol. The predicted octanol–water partition coefficient (Wildman–Crippen LogP) is 4.25. The van der Waals surface area contributed by atoms with Crippen LogP contribution in [-0.2, 0) is 21.2 Å². The summed E-state index contributed by atoms with van der Waals surface area (Å²) in [5.74, 6) is -0.883. The molecule has 4 amide bonds. The number of anilines is 2. The fourth-order valence-electron chi connectivity index (χ4n) is 3.49. The fraction of sp³-hybridized carbons (Fsp3) is 0.130. The molecule has 4 rings (SSSR count). The lowest BCUT2D eigenvalue weighted by atomic mass is 10.2. The van der Waals surface area contributed by atoms with Crippen molar-refractivity contribution in [1.82, 2.24) is 9.88 Å². The summed E-state index contributed by atoms with van der Waals surface area (Å²) >= 11 is 5.82. The van der Waals surface area contributed by atoms with Gasteiger partial charge in [-0.3, -0.25) is 9.59 Å². The highest BCUT2D eigenvalue weighted by molar-refractivity contribution is 7.92. The summed E-state index contributed by atoms with van der Waals surface area (Å²) in [6.07, 6.45) is 1.41. The Hall–Kier alpha value is -3.97. The van der Waals surface area contributed by atoms with Gasteiger partial charge >= 0.3 is 11.5 Å². The van der Waals surface area contributed by atoms with E-state index in [1.807, 2.05) is 0 Å². The summed E-state index contributed by atoms with van der Waals surface area (Å²) in [7, 11) is -5.57. The average Bonchev–Trinajstić information content (AvgIpc) is 3.11. The number of amides is 4. The number of halogens is 4. The van der Waals surface area contributed by atoms with Crippen LogP contribution in [0, 0.1) is 0 Å². The molecule has 1 aromatic heterocycles. The largest absolute Gasteiger partial charge is 0.501 e. The number of aromatic nitrogens is 1. The monoisotopic (exact) mass is 552 g/mol. The van der Waals surface area contributed by atoms with Crippen LogP contribution in [0.4, 0.5) is 29.5 Å². The maximum atomic E-state index is 12.9. The van der Waals surface area contributed by atoms with Gasteiger partial charge in [0.25, 0.3) is 21.7 Å². The number of alkyl halides is 3. The number of rotatable bonds is 6. The second-order valence-electron chi connectivity index (χ2n) is 7.82. The van der Waals surface area contributed by atoms with Crippen LogP contribution < -0.4 is 10.2 Å². The molecule has 0 unspecified atom stereocenters. The van der Waals surface area contributed by atoms with Gasteiger partial charge in [0.15, 0.2) is 0 Å². The smallest absolute Gasteiger partial charge is 0.310 e. The Labute approximate surface area is 213 Å². The first-order valence-corrected chi connectivity index (χ1v) is 12.3. The third-order valence-corrected chi connectivity index (χ3v) is 7.05. The van der Waals surface area contributed by atoms with Crippen molar-refractivity contribution in [3.63, 3.8) is 0 Å². The topological polar surface area (TPSA) is 117 Å². The lowest BCUT2D eigenvalue weighted by molar-refractivity contribution is -0.116. The summed E-state index contributed by atoms with van der Waals surface area (Å²) in [4.78, 5) is 42.8. The highest BCUT2D eigenvalue weighted by Gasteiger charge is 2.47. The summed E-state index contributed by atoms with van der Waals surface area (Å²) in [5, 5.41) is 3.09. The van der Waals surface area contributed by atoms with Gasteiger partial charge in [0.1, 0.15) is 12.4 Å². The molecule has 0 aliphatic carbocycles. The molecule has 1 aliphatic heterocycles. The van der Waals surface area contributed by atoms with E-state index < -0.39 is 38.1 Å². The maximum absolute atomic E-state index is 12.9. The molecule has 1 aliphatic rings. The normalized spacial score (nSPS) is 14.3. The van der Waals surface area contributed by atoms with Crippen LogP contribution in [0.25, 0.3) is 0 Å². The molecule has 3 aromatic rings. The molecule has 1 fully saturated rings. The van der Waals surface area contributed by atoms with Crippen LogP contribution in [0.2, 0.25) is 5.02 Å². The second kappa shape index (κ2) is 9.82. The Balaban J connectivity index is 1.46. The molecule has 37 heavy (non-hydrogen) atoms. The molecular weight excluding hydrogens is 537 g/mol. The van der Waals surface area contributed by atoms with Crippen LogP contribution in [0.5, 0.6) is 0 Å². The number of imide groups is 1. The van der Waals surface area contributed by atoms with Gasteiger partial charge in [-0.2, -0.15) is 13.2 Å². The highest BCUT2D eigenvalue weighted by Crippen LogP contribution is 2.32. The maximum Gasteiger partial charge on any atom is 0.501 e. The number of pyridine rings is 1. The van der Waals surface area contributed by atoms with Crippen molar-refractivity contribution in [3.8, 4) is 0 Å². The molecular formula is C23H16ClF3N4O5S. The minimum Gasteiger partial charge on any atom is -0.310 e. The minimum atomic E-state index is -5.57. The molecule has 1 saturated heterocycles. The number of hydrogen-bond acceptors (Lipinski definition) is 6. The summed E-state index contributed by atoms with van der Waals surface area (Å²) in [5.41, 5.74) is -4.68. The van der Waals surface area contributed by atoms with Crippen molar-refractivity contribution in [2.75, 3.05) is 16.8 Å². The Morgan fingerprint density at radius 1 is 1.03 bits per heavy atom. The third kappa shape index (κ3) is 5.42. The van der Waals surface area contributed by atoms with Crippen LogP contribution in [0.3, 0.4) is 0 Å². The third-order valence-electron chi connectivity index (χ3n) is 5.29. The number of nitrogens with one attached hydrogen (secondary N) is 1. The molecule has 192 valence electrons. The molecule has 14 heteroatoms. The van der Waals surface area contributed by atoms with Gasteiger partial charge in [-0.15, -0.1) is 0 Å². The van der Waals surface area contributed by atoms with E-state index in [1.165, 1.54) is 29.3 Å². The van der Waals surface area contributed by atoms with Crippen molar-refractivity contribution < 1.29 is 36.0 Å². The van der Waals surface area contributed by atoms with E-state index >= 15 is 0 Å². The predicted molar refractivity (Wildman–Crippen MR) is 127 cm³/mol. The molecule has 0 bridgehead atoms. The van der Waals surface area contributed by atoms with Crippen molar-refractivity contribution in [1.29, 1.82) is 0 Å². The number of carbonyl (C=O) groups excluding carboxylic acids is 3. The number of hydrogen-bond donors (Lipinski definition) is 1. The number of benzene rings is 2. The van der Waals surface area contributed by atoms with Gasteiger partial charge < -0.3 is 10.2 Å². The lowest BCUT2D eigenvalue weighted by Gasteiger charge is -2.18. The summed E-state index contributed by atoms with van der Waals surface area (Å²) in [6, 6.07) is 11.8. The van der Waals surface area contributed by atoms with Gasteiger partial charge in [0, 0.05) is 23.3 Å². The number of urea groups is 1. The van der Waals surface area contributed by atoms with Crippen molar-refractivity contribution in [3.05, 3.63) is 83.0 Å². The van der Waals surface area contributed by atoms with Crippen LogP contribution in [0.1, 0.15) is 15.9 Å². The van der Waals surface area contributed by atoms with Crippen LogP contribution in [-0.4, -0.2) is 48.2 Å². The molecule has 0 spiro atoms. The molecule has 9 nitrogen and oxygen atoms in total. The SMILES string of the molecule is O=C(Nc1cc(CN2CC(=O)N(c3ccc(S(=O)(=O)C(F)(F)F)cc3)C2=O)ccn1)c1ccc(Cl)cc1. The van der Waals surface area contributed by atoms with E-state index in [0.717, 1.165) is 17.0 Å². The van der Waals surface area contributed by atoms with Gasteiger partial charge in [-0.1, -0.05) is 11.6 Å². The first kappa shape index (κ1) is 26.1. The van der Waals surface area contributed by atoms with Gasteiger partial charge in [-0.25, -0.2) is 23.1 Å². The quantitative estimate of drug-likeness (QED) is 0.457. The Kier molecular flexibility index (Phi) is 6.93. The van der Waals surface area contributed by atoms with Crippen molar-refractivity contribution in [2.24, 2.45) is 0 Å². The zero-order valence-electron chi connectivity index (χ0n) is 18.6. The first-order chi connectivity index (χ1) is 17.4. The van der Waals surface area contributed by atoms with E-state index in [4.69, 9.17) is 11.6 Å². The zero-order valence-corrected chi connectivity index (χ0v) is 20.1. The zero-order chi connectivity index (χ0) is 27.0. The van der Waals surface area contributed by atoms with Gasteiger partial charge in [0.05, 0.1) is 10.6 Å². The highest BCUT2D eigenvalue weighted by atomic mass is 35.5. The molecule has 0 saturated carbocycles. The van der Waals surface area contributed by atoms with Crippen molar-refractivity contribution in [2.45, 2.75) is 16.9 Å². The minimum absolute atomic E-state index is 0.0338. The van der Waals surface area contributed by atoms with Gasteiger partial charge in [-0.05, 0) is 66.2 Å². The number of sulfone groups is 1. The van der Waals surface area contributed by atoms with E-state index in [2.05, 4.69) is 10.3 Å². The first-order valence-electron chi connectivity index (χ1n) is 10.4. The summed E-state index contributed by atoms with van der Waals surface area (Å²) < 4.78 is 61.4. The Morgan fingerprint density at radius 2 is 1.68 bits per heavy atom. The lowest BCUT2D eigenvalue weighted by Crippen LogP contribution is -2.32. The molecule has 2 aromatic carbocycles. The molecule has 0 atom stereocenters. The molecule has 2 heterocycles. The Morgan fingerprint density at radius 3 is 2.30 bits per heavy atom. The number of nitrogens with zero attached hydrogens (tertiary/aromatic N) is 3. The van der Waals surface area contributed by atoms with E-state index in [0.29, 0.717) is 28.3 Å². The fourth-order valence-corrected chi connectivity index (χ4v) is 4.37. The number of carbonyl (C=O) groups is 3. The van der Waals surface area contributed by atoms with E-state index in [-0.39, 0.29) is 24.6 Å². The summed E-state index contributed by atoms with van der Waals surface area (Å²) in [6.45, 7) is -0.357. The van der Waals surface area contributed by atoms with Crippen molar-refractivity contribution >= 4 is 50.8 Å². The van der Waals surface area contributed by atoms with E-state index in [9.17, 15) is 36.0 Å². The Bertz CT molecular complexity index is 1480. The van der Waals surface area contributed by atoms with Crippen LogP contribution in [0.15, 0.2) is 71.8 Å². The molecule has 1 N–H and O–H groups in total. The standard InChI is InChI=1S/C23H16ClF3N4O5S/c24-16-3-1-15(2-4-16)21(33)29-19-11-14(9-10-28-19)12-30-13-20(32)31(22(30)34)17-5-7-18(8-6-17)37(35,36)23(25,26)27/h1-11H,12-13H2,(H,28,29,33). The molecule has 0 radical (unpaired) electrons.